The lowest BCUT2D eigenvalue weighted by atomic mass is 9.79. The normalized spacial score (nSPS) is 12.1. The van der Waals surface area contributed by atoms with Gasteiger partial charge in [0.05, 0.1) is 5.56 Å². The number of phenolic OH excluding ortho intramolecular Hbond substituents is 1. The standard InChI is InChI=1S/C21H26O3/c1-20(2,3)16-12-15(13-17(18(16)22)21(4,5)6)24-19(23)14-10-8-7-9-11-14/h7-13,22H,1-6H3. The summed E-state index contributed by atoms with van der Waals surface area (Å²) in [5.74, 6) is 0.326. The van der Waals surface area contributed by atoms with E-state index >= 15 is 0 Å². The van der Waals surface area contributed by atoms with E-state index < -0.39 is 5.97 Å². The zero-order chi connectivity index (χ0) is 18.1. The largest absolute Gasteiger partial charge is 0.507 e. The molecule has 0 aliphatic heterocycles. The minimum absolute atomic E-state index is 0.265. The fourth-order valence-corrected chi connectivity index (χ4v) is 2.55. The van der Waals surface area contributed by atoms with Crippen LogP contribution in [-0.2, 0) is 10.8 Å². The Bertz CT molecular complexity index is 697. The number of carbonyl (C=O) groups is 1. The Labute approximate surface area is 144 Å². The van der Waals surface area contributed by atoms with E-state index in [1.807, 2.05) is 47.6 Å². The third-order valence-electron chi connectivity index (χ3n) is 3.92. The van der Waals surface area contributed by atoms with Crippen LogP contribution in [0.1, 0.15) is 63.0 Å². The summed E-state index contributed by atoms with van der Waals surface area (Å²) in [5, 5.41) is 10.7. The molecule has 0 aromatic heterocycles. The van der Waals surface area contributed by atoms with Gasteiger partial charge in [0.2, 0.25) is 0 Å². The Hall–Kier alpha value is -2.29. The first kappa shape index (κ1) is 18.1. The summed E-state index contributed by atoms with van der Waals surface area (Å²) in [7, 11) is 0. The fraction of sp³-hybridized carbons (Fsp3) is 0.381. The summed E-state index contributed by atoms with van der Waals surface area (Å²) in [4.78, 5) is 12.3. The molecule has 0 radical (unpaired) electrons. The molecule has 1 N–H and O–H groups in total. The number of esters is 1. The molecule has 0 aliphatic rings. The van der Waals surface area contributed by atoms with Crippen molar-refractivity contribution in [1.82, 2.24) is 0 Å². The average molecular weight is 326 g/mol. The van der Waals surface area contributed by atoms with Crippen molar-refractivity contribution in [2.24, 2.45) is 0 Å². The highest BCUT2D eigenvalue weighted by molar-refractivity contribution is 5.91. The molecular weight excluding hydrogens is 300 g/mol. The van der Waals surface area contributed by atoms with E-state index in [2.05, 4.69) is 0 Å². The lowest BCUT2D eigenvalue weighted by molar-refractivity contribution is 0.0734. The Morgan fingerprint density at radius 2 is 1.33 bits per heavy atom. The number of hydrogen-bond donors (Lipinski definition) is 1. The molecule has 0 unspecified atom stereocenters. The molecule has 3 heteroatoms. The van der Waals surface area contributed by atoms with E-state index in [0.29, 0.717) is 11.3 Å². The van der Waals surface area contributed by atoms with Crippen molar-refractivity contribution in [3.05, 3.63) is 59.2 Å². The van der Waals surface area contributed by atoms with Crippen molar-refractivity contribution in [2.75, 3.05) is 0 Å². The van der Waals surface area contributed by atoms with Crippen molar-refractivity contribution in [3.63, 3.8) is 0 Å². The van der Waals surface area contributed by atoms with Crippen LogP contribution in [-0.4, -0.2) is 11.1 Å². The van der Waals surface area contributed by atoms with Crippen molar-refractivity contribution in [3.8, 4) is 11.5 Å². The second kappa shape index (κ2) is 6.31. The summed E-state index contributed by atoms with van der Waals surface area (Å²) >= 11 is 0. The minimum atomic E-state index is -0.402. The summed E-state index contributed by atoms with van der Waals surface area (Å²) in [6.45, 7) is 12.2. The molecule has 3 nitrogen and oxygen atoms in total. The molecule has 0 amide bonds. The molecule has 0 spiro atoms. The van der Waals surface area contributed by atoms with Crippen LogP contribution in [0.15, 0.2) is 42.5 Å². The average Bonchev–Trinajstić information content (AvgIpc) is 2.47. The number of phenols is 1. The van der Waals surface area contributed by atoms with Crippen molar-refractivity contribution in [1.29, 1.82) is 0 Å². The maximum absolute atomic E-state index is 12.3. The van der Waals surface area contributed by atoms with Crippen LogP contribution in [0.2, 0.25) is 0 Å². The predicted octanol–water partition coefficient (Wildman–Crippen LogP) is 5.21. The zero-order valence-electron chi connectivity index (χ0n) is 15.3. The van der Waals surface area contributed by atoms with E-state index in [4.69, 9.17) is 4.74 Å². The molecule has 0 heterocycles. The lowest BCUT2D eigenvalue weighted by Crippen LogP contribution is -2.18. The first-order valence-corrected chi connectivity index (χ1v) is 8.15. The SMILES string of the molecule is CC(C)(C)c1cc(OC(=O)c2ccccc2)cc(C(C)(C)C)c1O. The van der Waals surface area contributed by atoms with E-state index in [9.17, 15) is 9.90 Å². The monoisotopic (exact) mass is 326 g/mol. The Kier molecular flexibility index (Phi) is 4.75. The number of hydrogen-bond acceptors (Lipinski definition) is 3. The maximum atomic E-state index is 12.3. The number of carbonyl (C=O) groups excluding carboxylic acids is 1. The van der Waals surface area contributed by atoms with Gasteiger partial charge in [0.25, 0.3) is 0 Å². The highest BCUT2D eigenvalue weighted by atomic mass is 16.5. The first-order chi connectivity index (χ1) is 11.0. The quantitative estimate of drug-likeness (QED) is 0.609. The fourth-order valence-electron chi connectivity index (χ4n) is 2.55. The van der Waals surface area contributed by atoms with E-state index in [1.54, 1.807) is 36.4 Å². The maximum Gasteiger partial charge on any atom is 0.343 e. The first-order valence-electron chi connectivity index (χ1n) is 8.15. The van der Waals surface area contributed by atoms with Gasteiger partial charge in [-0.1, -0.05) is 59.7 Å². The summed E-state index contributed by atoms with van der Waals surface area (Å²) < 4.78 is 5.58. The van der Waals surface area contributed by atoms with E-state index in [0.717, 1.165) is 11.1 Å². The van der Waals surface area contributed by atoms with Crippen LogP contribution < -0.4 is 4.74 Å². The minimum Gasteiger partial charge on any atom is -0.507 e. The summed E-state index contributed by atoms with van der Waals surface area (Å²) in [6.07, 6.45) is 0. The highest BCUT2D eigenvalue weighted by Gasteiger charge is 2.27. The molecule has 0 fully saturated rings. The van der Waals surface area contributed by atoms with Gasteiger partial charge in [0.1, 0.15) is 11.5 Å². The van der Waals surface area contributed by atoms with Gasteiger partial charge in [-0.15, -0.1) is 0 Å². The van der Waals surface area contributed by atoms with Gasteiger partial charge in [0, 0.05) is 11.1 Å². The molecule has 0 atom stereocenters. The Morgan fingerprint density at radius 1 is 0.875 bits per heavy atom. The topological polar surface area (TPSA) is 46.5 Å². The second-order valence-electron chi connectivity index (χ2n) is 8.12. The molecule has 0 aliphatic carbocycles. The lowest BCUT2D eigenvalue weighted by Gasteiger charge is -2.27. The van der Waals surface area contributed by atoms with Crippen molar-refractivity contribution in [2.45, 2.75) is 52.4 Å². The molecule has 2 aromatic rings. The molecule has 2 rings (SSSR count). The molecule has 0 saturated heterocycles. The third kappa shape index (κ3) is 3.97. The summed E-state index contributed by atoms with van der Waals surface area (Å²) in [5.41, 5.74) is 1.51. The molecule has 0 bridgehead atoms. The van der Waals surface area contributed by atoms with Crippen LogP contribution in [0, 0.1) is 0 Å². The Morgan fingerprint density at radius 3 is 1.75 bits per heavy atom. The van der Waals surface area contributed by atoms with Crippen LogP contribution in [0.25, 0.3) is 0 Å². The summed E-state index contributed by atoms with van der Waals surface area (Å²) in [6, 6.07) is 12.4. The van der Waals surface area contributed by atoms with Crippen LogP contribution in [0.3, 0.4) is 0 Å². The molecular formula is C21H26O3. The van der Waals surface area contributed by atoms with Gasteiger partial charge in [-0.3, -0.25) is 0 Å². The van der Waals surface area contributed by atoms with Crippen molar-refractivity contribution < 1.29 is 14.6 Å². The predicted molar refractivity (Wildman–Crippen MR) is 96.9 cm³/mol. The van der Waals surface area contributed by atoms with Gasteiger partial charge in [-0.05, 0) is 35.1 Å². The smallest absolute Gasteiger partial charge is 0.343 e. The number of benzene rings is 2. The number of ether oxygens (including phenoxy) is 1. The van der Waals surface area contributed by atoms with Gasteiger partial charge in [-0.25, -0.2) is 4.79 Å². The second-order valence-corrected chi connectivity index (χ2v) is 8.12. The number of aromatic hydroxyl groups is 1. The van der Waals surface area contributed by atoms with Gasteiger partial charge < -0.3 is 9.84 Å². The Balaban J connectivity index is 2.49. The molecule has 2 aromatic carbocycles. The highest BCUT2D eigenvalue weighted by Crippen LogP contribution is 2.41. The van der Waals surface area contributed by atoms with E-state index in [1.165, 1.54) is 0 Å². The van der Waals surface area contributed by atoms with Crippen LogP contribution >= 0.6 is 0 Å². The molecule has 24 heavy (non-hydrogen) atoms. The zero-order valence-corrected chi connectivity index (χ0v) is 15.3. The van der Waals surface area contributed by atoms with Crippen LogP contribution in [0.5, 0.6) is 11.5 Å². The van der Waals surface area contributed by atoms with Gasteiger partial charge >= 0.3 is 5.97 Å². The van der Waals surface area contributed by atoms with Gasteiger partial charge in [-0.2, -0.15) is 0 Å². The van der Waals surface area contributed by atoms with Crippen LogP contribution in [0.4, 0.5) is 0 Å². The molecule has 128 valence electrons. The van der Waals surface area contributed by atoms with Gasteiger partial charge in [0.15, 0.2) is 0 Å². The molecule has 0 saturated carbocycles. The van der Waals surface area contributed by atoms with Crippen molar-refractivity contribution >= 4 is 5.97 Å². The van der Waals surface area contributed by atoms with E-state index in [-0.39, 0.29) is 16.6 Å². The number of rotatable bonds is 2. The third-order valence-corrected chi connectivity index (χ3v) is 3.92.